The second-order valence-corrected chi connectivity index (χ2v) is 20.3. The average molecular weight is 823 g/mol. The Labute approximate surface area is 344 Å². The van der Waals surface area contributed by atoms with Crippen LogP contribution in [0, 0.1) is 17.8 Å². The van der Waals surface area contributed by atoms with E-state index in [1.807, 2.05) is 44.1 Å². The molecule has 0 aromatic heterocycles. The summed E-state index contributed by atoms with van der Waals surface area (Å²) in [6, 6.07) is 11.9. The largest absolute Gasteiger partial charge is 0.490 e. The molecule has 6 aliphatic rings. The molecule has 57 heavy (non-hydrogen) atoms. The average Bonchev–Trinajstić information content (AvgIpc) is 3.34. The molecular weight excluding hydrogens is 762 g/mol. The van der Waals surface area contributed by atoms with Crippen molar-refractivity contribution in [3.63, 3.8) is 0 Å². The van der Waals surface area contributed by atoms with Gasteiger partial charge in [0.25, 0.3) is 5.91 Å². The van der Waals surface area contributed by atoms with Gasteiger partial charge in [0.1, 0.15) is 11.4 Å². The number of anilines is 1. The van der Waals surface area contributed by atoms with Gasteiger partial charge in [-0.2, -0.15) is 0 Å². The van der Waals surface area contributed by atoms with Gasteiger partial charge in [-0.25, -0.2) is 13.1 Å². The Morgan fingerprint density at radius 2 is 1.88 bits per heavy atom. The minimum atomic E-state index is -3.99. The molecule has 13 heteroatoms. The van der Waals surface area contributed by atoms with E-state index < -0.39 is 26.8 Å². The monoisotopic (exact) mass is 821 g/mol. The van der Waals surface area contributed by atoms with Gasteiger partial charge in [0, 0.05) is 94.5 Å². The summed E-state index contributed by atoms with van der Waals surface area (Å²) in [6.45, 7) is 13.4. The number of nitrogens with zero attached hydrogens (tertiary/aromatic N) is 4. The maximum atomic E-state index is 13.7. The normalized spacial score (nSPS) is 33.8. The van der Waals surface area contributed by atoms with Gasteiger partial charge in [-0.05, 0) is 105 Å². The fourth-order valence-electron chi connectivity index (χ4n) is 10.8. The maximum absolute atomic E-state index is 13.7. The molecule has 310 valence electrons. The van der Waals surface area contributed by atoms with Gasteiger partial charge in [0.15, 0.2) is 0 Å². The number of hydrogen-bond donors (Lipinski definition) is 1. The predicted octanol–water partition coefficient (Wildman–Crippen LogP) is 5.51. The number of halogens is 1. The highest BCUT2D eigenvalue weighted by molar-refractivity contribution is 7.90. The molecule has 2 aliphatic carbocycles. The molecule has 0 unspecified atom stereocenters. The highest BCUT2D eigenvalue weighted by Crippen LogP contribution is 2.49. The second kappa shape index (κ2) is 16.1. The van der Waals surface area contributed by atoms with Crippen LogP contribution in [0.2, 0.25) is 5.02 Å². The lowest BCUT2D eigenvalue weighted by Gasteiger charge is -2.53. The summed E-state index contributed by atoms with van der Waals surface area (Å²) < 4.78 is 43.3. The van der Waals surface area contributed by atoms with Crippen LogP contribution < -0.4 is 14.4 Å². The third-order valence-electron chi connectivity index (χ3n) is 14.5. The van der Waals surface area contributed by atoms with Gasteiger partial charge in [0.2, 0.25) is 15.9 Å². The van der Waals surface area contributed by atoms with Crippen LogP contribution in [0.25, 0.3) is 0 Å². The second-order valence-electron chi connectivity index (χ2n) is 17.8. The predicted molar refractivity (Wildman–Crippen MR) is 224 cm³/mol. The highest BCUT2D eigenvalue weighted by Gasteiger charge is 2.50. The van der Waals surface area contributed by atoms with Crippen LogP contribution in [0.5, 0.6) is 5.75 Å². The van der Waals surface area contributed by atoms with Crippen LogP contribution in [0.15, 0.2) is 48.6 Å². The lowest BCUT2D eigenvalue weighted by atomic mass is 9.63. The van der Waals surface area contributed by atoms with E-state index in [0.29, 0.717) is 49.8 Å². The Bertz CT molecular complexity index is 2000. The molecule has 2 saturated heterocycles. The van der Waals surface area contributed by atoms with E-state index in [4.69, 9.17) is 21.1 Å². The zero-order valence-electron chi connectivity index (χ0n) is 34.1. The van der Waals surface area contributed by atoms with Gasteiger partial charge in [-0.1, -0.05) is 43.7 Å². The number of sulfonamides is 1. The number of fused-ring (bicyclic) bond motifs is 5. The summed E-state index contributed by atoms with van der Waals surface area (Å²) in [4.78, 5) is 36.0. The standard InChI is InChI=1S/C44H60ClN5O6S/c1-5-41(51)49-21-20-48-19-18-47(25-36(48)26-49)28-44(55-4)17-6-8-30(2)31(3)57(53,54)46-42(52)33-11-15-40-39(23-33)50(24-34-10-13-38(34)44)27-43(29-56-40)16-7-9-32-22-35(45)12-14-37(32)43/h6,11-12,14-15,17,22-23,30-31,34,36,38H,5,7-10,13,16,18-21,24-29H2,1-4H3,(H,46,52)/b17-6+/t30-,31+,34-,36+,38+,43-,44+/m0/s1. The van der Waals surface area contributed by atoms with Crippen molar-refractivity contribution in [1.82, 2.24) is 19.4 Å². The first kappa shape index (κ1) is 40.6. The Morgan fingerprint density at radius 3 is 2.65 bits per heavy atom. The summed E-state index contributed by atoms with van der Waals surface area (Å²) in [7, 11) is -2.15. The summed E-state index contributed by atoms with van der Waals surface area (Å²) in [6.07, 6.45) is 10.4. The Kier molecular flexibility index (Phi) is 11.5. The molecule has 4 heterocycles. The molecule has 2 amide bonds. The molecule has 4 aliphatic heterocycles. The topological polar surface area (TPSA) is 112 Å². The van der Waals surface area contributed by atoms with Crippen molar-refractivity contribution in [2.75, 3.05) is 77.5 Å². The number of aryl methyl sites for hydroxylation is 1. The van der Waals surface area contributed by atoms with Crippen LogP contribution in [-0.4, -0.2) is 124 Å². The smallest absolute Gasteiger partial charge is 0.264 e. The highest BCUT2D eigenvalue weighted by atomic mass is 35.5. The van der Waals surface area contributed by atoms with Crippen molar-refractivity contribution in [2.24, 2.45) is 17.8 Å². The van der Waals surface area contributed by atoms with E-state index in [-0.39, 0.29) is 29.2 Å². The van der Waals surface area contributed by atoms with E-state index in [1.54, 1.807) is 13.0 Å². The molecule has 3 fully saturated rings. The Morgan fingerprint density at radius 1 is 1.05 bits per heavy atom. The number of ether oxygens (including phenoxy) is 2. The number of allylic oxidation sites excluding steroid dienone is 1. The number of nitrogens with one attached hydrogen (secondary N) is 1. The number of hydrogen-bond acceptors (Lipinski definition) is 9. The van der Waals surface area contributed by atoms with Gasteiger partial charge >= 0.3 is 0 Å². The molecule has 0 radical (unpaired) electrons. The molecule has 2 bridgehead atoms. The number of benzene rings is 2. The summed E-state index contributed by atoms with van der Waals surface area (Å²) >= 11 is 6.52. The minimum absolute atomic E-state index is 0.207. The van der Waals surface area contributed by atoms with Crippen LogP contribution in [0.1, 0.15) is 80.8 Å². The molecule has 7 atom stereocenters. The maximum Gasteiger partial charge on any atom is 0.264 e. The van der Waals surface area contributed by atoms with Crippen LogP contribution in [-0.2, 0) is 31.4 Å². The van der Waals surface area contributed by atoms with E-state index >= 15 is 0 Å². The van der Waals surface area contributed by atoms with Gasteiger partial charge in [0.05, 0.1) is 17.5 Å². The van der Waals surface area contributed by atoms with Crippen LogP contribution in [0.3, 0.4) is 0 Å². The Balaban J connectivity index is 1.16. The zero-order valence-corrected chi connectivity index (χ0v) is 35.6. The van der Waals surface area contributed by atoms with Gasteiger partial charge < -0.3 is 19.3 Å². The minimum Gasteiger partial charge on any atom is -0.490 e. The summed E-state index contributed by atoms with van der Waals surface area (Å²) in [5.74, 6) is 0.540. The van der Waals surface area contributed by atoms with Gasteiger partial charge in [-0.3, -0.25) is 19.4 Å². The number of methoxy groups -OCH3 is 1. The number of carbonyl (C=O) groups is 2. The van der Waals surface area contributed by atoms with Crippen molar-refractivity contribution < 1.29 is 27.5 Å². The number of rotatable bonds is 4. The third-order valence-corrected chi connectivity index (χ3v) is 16.7. The van der Waals surface area contributed by atoms with E-state index in [9.17, 15) is 18.0 Å². The zero-order chi connectivity index (χ0) is 40.1. The molecule has 1 saturated carbocycles. The first-order chi connectivity index (χ1) is 27.3. The lowest BCUT2D eigenvalue weighted by molar-refractivity contribution is -0.136. The first-order valence-electron chi connectivity index (χ1n) is 21.2. The van der Waals surface area contributed by atoms with Crippen molar-refractivity contribution in [3.05, 3.63) is 70.3 Å². The third kappa shape index (κ3) is 7.86. The summed E-state index contributed by atoms with van der Waals surface area (Å²) in [5, 5.41) is -0.0677. The molecular formula is C44H60ClN5O6S. The van der Waals surface area contributed by atoms with Crippen LogP contribution in [0.4, 0.5) is 5.69 Å². The molecule has 8 rings (SSSR count). The first-order valence-corrected chi connectivity index (χ1v) is 23.1. The quantitative estimate of drug-likeness (QED) is 0.400. The SMILES string of the molecule is CCC(=O)N1CCN2CCN(C[C@]3(OC)/C=C/C[C@H](C)[C@@H](C)S(=O)(=O)NC(=O)c4ccc5c(c4)N(C[C@@H]4CC[C@H]43)C[C@@]3(CCCc4cc(Cl)ccc43)CO5)C[C@@H]2C1. The van der Waals surface area contributed by atoms with Crippen molar-refractivity contribution in [3.8, 4) is 5.75 Å². The fraction of sp³-hybridized carbons (Fsp3) is 0.636. The number of carbonyl (C=O) groups excluding carboxylic acids is 2. The van der Waals surface area contributed by atoms with E-state index in [2.05, 4.69) is 43.7 Å². The van der Waals surface area contributed by atoms with Crippen molar-refractivity contribution in [2.45, 2.75) is 88.0 Å². The molecule has 1 N–H and O–H groups in total. The molecule has 11 nitrogen and oxygen atoms in total. The van der Waals surface area contributed by atoms with Crippen molar-refractivity contribution >= 4 is 39.1 Å². The Hall–Kier alpha value is -3.16. The molecule has 2 aromatic carbocycles. The number of amides is 2. The van der Waals surface area contributed by atoms with Gasteiger partial charge in [-0.15, -0.1) is 0 Å². The molecule has 2 aromatic rings. The van der Waals surface area contributed by atoms with Crippen LogP contribution >= 0.6 is 11.6 Å². The van der Waals surface area contributed by atoms with E-state index in [0.717, 1.165) is 88.6 Å². The lowest BCUT2D eigenvalue weighted by Crippen LogP contribution is -2.65. The summed E-state index contributed by atoms with van der Waals surface area (Å²) in [5.41, 5.74) is 2.74. The van der Waals surface area contributed by atoms with E-state index in [1.165, 1.54) is 11.1 Å². The fourth-order valence-corrected chi connectivity index (χ4v) is 12.2. The van der Waals surface area contributed by atoms with Crippen molar-refractivity contribution in [1.29, 1.82) is 0 Å². The number of piperazine rings is 2. The molecule has 1 spiro atoms.